The number of fused-ring (bicyclic) bond motifs is 2. The zero-order chi connectivity index (χ0) is 22.3. The molecule has 1 aromatic rings. The average molecular weight is 443 g/mol. The van der Waals surface area contributed by atoms with Gasteiger partial charge in [0.1, 0.15) is 5.76 Å². The molecule has 164 valence electrons. The van der Waals surface area contributed by atoms with Crippen molar-refractivity contribution in [2.24, 2.45) is 0 Å². The van der Waals surface area contributed by atoms with Crippen molar-refractivity contribution < 1.29 is 19.0 Å². The molecule has 0 aromatic carbocycles. The quantitative estimate of drug-likeness (QED) is 0.637. The average Bonchev–Trinajstić information content (AvgIpc) is 3.09. The number of halogens is 1. The molecule has 0 saturated heterocycles. The lowest BCUT2D eigenvalue weighted by Crippen LogP contribution is -2.39. The first-order valence-corrected chi connectivity index (χ1v) is 10.8. The van der Waals surface area contributed by atoms with Crippen molar-refractivity contribution in [1.82, 2.24) is 9.88 Å². The van der Waals surface area contributed by atoms with Crippen LogP contribution in [-0.4, -0.2) is 54.9 Å². The summed E-state index contributed by atoms with van der Waals surface area (Å²) in [6.07, 6.45) is 6.17. The van der Waals surface area contributed by atoms with Gasteiger partial charge < -0.3 is 19.1 Å². The SMILES string of the molecule is CCOC(=O)C1=C(c2ccncc2)C(C)N2CCC3=C(Cl)C(C)(OC)C(OC)=CC3=C12. The Hall–Kier alpha value is -2.57. The normalized spacial score (nSPS) is 25.4. The van der Waals surface area contributed by atoms with E-state index in [-0.39, 0.29) is 12.0 Å². The molecule has 0 fully saturated rings. The molecular weight excluding hydrogens is 416 g/mol. The Labute approximate surface area is 187 Å². The van der Waals surface area contributed by atoms with Crippen molar-refractivity contribution in [3.8, 4) is 0 Å². The number of carbonyl (C=O) groups is 1. The zero-order valence-corrected chi connectivity index (χ0v) is 19.2. The highest BCUT2D eigenvalue weighted by Crippen LogP contribution is 2.51. The molecule has 2 aliphatic heterocycles. The molecule has 0 saturated carbocycles. The highest BCUT2D eigenvalue weighted by molar-refractivity contribution is 6.32. The molecular formula is C24H27ClN2O4. The number of hydrogen-bond donors (Lipinski definition) is 0. The summed E-state index contributed by atoms with van der Waals surface area (Å²) in [7, 11) is 3.22. The lowest BCUT2D eigenvalue weighted by molar-refractivity contribution is -0.138. The van der Waals surface area contributed by atoms with E-state index in [0.717, 1.165) is 40.9 Å². The predicted octanol–water partition coefficient (Wildman–Crippen LogP) is 4.20. The molecule has 6 nitrogen and oxygen atoms in total. The van der Waals surface area contributed by atoms with Crippen LogP contribution >= 0.6 is 11.6 Å². The highest BCUT2D eigenvalue weighted by Gasteiger charge is 2.47. The Morgan fingerprint density at radius 2 is 2.03 bits per heavy atom. The first-order valence-electron chi connectivity index (χ1n) is 10.4. The Balaban J connectivity index is 2.02. The van der Waals surface area contributed by atoms with Crippen LogP contribution in [0.1, 0.15) is 32.8 Å². The van der Waals surface area contributed by atoms with Gasteiger partial charge >= 0.3 is 5.97 Å². The van der Waals surface area contributed by atoms with Crippen LogP contribution in [0.25, 0.3) is 5.57 Å². The van der Waals surface area contributed by atoms with E-state index in [9.17, 15) is 4.79 Å². The van der Waals surface area contributed by atoms with Crippen LogP contribution < -0.4 is 0 Å². The fourth-order valence-electron chi connectivity index (χ4n) is 4.75. The molecule has 0 bridgehead atoms. The molecule has 3 aliphatic rings. The molecule has 2 atom stereocenters. The van der Waals surface area contributed by atoms with E-state index in [1.54, 1.807) is 26.6 Å². The molecule has 1 aromatic heterocycles. The highest BCUT2D eigenvalue weighted by atomic mass is 35.5. The van der Waals surface area contributed by atoms with Gasteiger partial charge in [-0.1, -0.05) is 11.6 Å². The minimum absolute atomic E-state index is 0.000220. The van der Waals surface area contributed by atoms with Crippen LogP contribution in [0, 0.1) is 0 Å². The molecule has 3 heterocycles. The summed E-state index contributed by atoms with van der Waals surface area (Å²) < 4.78 is 16.9. The third-order valence-corrected chi connectivity index (χ3v) is 6.98. The van der Waals surface area contributed by atoms with Crippen LogP contribution in [0.3, 0.4) is 0 Å². The summed E-state index contributed by atoms with van der Waals surface area (Å²) in [4.78, 5) is 19.6. The van der Waals surface area contributed by atoms with Gasteiger partial charge in [0.15, 0.2) is 5.60 Å². The summed E-state index contributed by atoms with van der Waals surface area (Å²) in [5.41, 5.74) is 4.31. The molecule has 7 heteroatoms. The van der Waals surface area contributed by atoms with E-state index in [1.165, 1.54) is 0 Å². The van der Waals surface area contributed by atoms with Gasteiger partial charge in [-0.2, -0.15) is 0 Å². The second-order valence-corrected chi connectivity index (χ2v) is 8.25. The van der Waals surface area contributed by atoms with E-state index in [4.69, 9.17) is 25.8 Å². The smallest absolute Gasteiger partial charge is 0.340 e. The minimum atomic E-state index is -0.857. The molecule has 0 amide bonds. The predicted molar refractivity (Wildman–Crippen MR) is 119 cm³/mol. The van der Waals surface area contributed by atoms with Gasteiger partial charge in [-0.3, -0.25) is 4.98 Å². The van der Waals surface area contributed by atoms with Crippen molar-refractivity contribution >= 4 is 23.1 Å². The van der Waals surface area contributed by atoms with E-state index in [2.05, 4.69) is 16.8 Å². The molecule has 0 radical (unpaired) electrons. The molecule has 31 heavy (non-hydrogen) atoms. The van der Waals surface area contributed by atoms with E-state index < -0.39 is 5.60 Å². The standard InChI is InChI=1S/C24H27ClN2O4/c1-6-31-23(28)20-19(15-7-10-26-11-8-15)14(2)27-12-9-16-17(21(20)27)13-18(29-4)24(3,30-5)22(16)25/h7-8,10-11,13-14H,6,9,12H2,1-5H3. The Bertz CT molecular complexity index is 1040. The van der Waals surface area contributed by atoms with Gasteiger partial charge in [0.05, 0.1) is 36.1 Å². The zero-order valence-electron chi connectivity index (χ0n) is 18.5. The van der Waals surface area contributed by atoms with E-state index >= 15 is 0 Å². The Kier molecular flexibility index (Phi) is 5.71. The van der Waals surface area contributed by atoms with Gasteiger partial charge in [-0.05, 0) is 62.1 Å². The Morgan fingerprint density at radius 1 is 1.32 bits per heavy atom. The van der Waals surface area contributed by atoms with Crippen molar-refractivity contribution in [3.63, 3.8) is 0 Å². The second-order valence-electron chi connectivity index (χ2n) is 7.87. The van der Waals surface area contributed by atoms with Crippen LogP contribution in [0.15, 0.2) is 63.8 Å². The monoisotopic (exact) mass is 442 g/mol. The van der Waals surface area contributed by atoms with E-state index in [0.29, 0.717) is 23.0 Å². The number of ether oxygens (including phenoxy) is 3. The van der Waals surface area contributed by atoms with Crippen LogP contribution in [0.5, 0.6) is 0 Å². The maximum atomic E-state index is 13.2. The van der Waals surface area contributed by atoms with Crippen molar-refractivity contribution in [2.45, 2.75) is 38.8 Å². The fraction of sp³-hybridized carbons (Fsp3) is 0.417. The summed E-state index contributed by atoms with van der Waals surface area (Å²) in [6.45, 7) is 6.86. The third kappa shape index (κ3) is 3.20. The minimum Gasteiger partial charge on any atom is -0.498 e. The van der Waals surface area contributed by atoms with Crippen LogP contribution in [0.4, 0.5) is 0 Å². The number of allylic oxidation sites excluding steroid dienone is 2. The summed E-state index contributed by atoms with van der Waals surface area (Å²) in [5.74, 6) is 0.261. The van der Waals surface area contributed by atoms with Crippen molar-refractivity contribution in [1.29, 1.82) is 0 Å². The second kappa shape index (κ2) is 8.17. The molecule has 0 N–H and O–H groups in total. The topological polar surface area (TPSA) is 60.9 Å². The number of pyridine rings is 1. The lowest BCUT2D eigenvalue weighted by Gasteiger charge is -2.40. The van der Waals surface area contributed by atoms with Gasteiger partial charge in [0.25, 0.3) is 0 Å². The Morgan fingerprint density at radius 3 is 2.65 bits per heavy atom. The number of aromatic nitrogens is 1. The van der Waals surface area contributed by atoms with Crippen LogP contribution in [0.2, 0.25) is 0 Å². The number of nitrogens with zero attached hydrogens (tertiary/aromatic N) is 2. The van der Waals surface area contributed by atoms with Crippen LogP contribution in [-0.2, 0) is 19.0 Å². The number of rotatable bonds is 5. The summed E-state index contributed by atoms with van der Waals surface area (Å²) in [5, 5.41) is 0.588. The summed E-state index contributed by atoms with van der Waals surface area (Å²) in [6, 6.07) is 3.86. The van der Waals surface area contributed by atoms with Crippen molar-refractivity contribution in [3.05, 3.63) is 69.4 Å². The first kappa shape index (κ1) is 21.7. The molecule has 2 unspecified atom stereocenters. The number of methoxy groups -OCH3 is 2. The fourth-order valence-corrected chi connectivity index (χ4v) is 5.12. The lowest BCUT2D eigenvalue weighted by atomic mass is 9.83. The van der Waals surface area contributed by atoms with Gasteiger partial charge in [-0.15, -0.1) is 0 Å². The summed E-state index contributed by atoms with van der Waals surface area (Å²) >= 11 is 6.88. The van der Waals surface area contributed by atoms with E-state index in [1.807, 2.05) is 32.1 Å². The first-order chi connectivity index (χ1) is 14.9. The number of hydrogen-bond acceptors (Lipinski definition) is 6. The van der Waals surface area contributed by atoms with Gasteiger partial charge in [-0.25, -0.2) is 4.79 Å². The third-order valence-electron chi connectivity index (χ3n) is 6.39. The number of esters is 1. The maximum absolute atomic E-state index is 13.2. The maximum Gasteiger partial charge on any atom is 0.340 e. The molecule has 0 spiro atoms. The largest absolute Gasteiger partial charge is 0.498 e. The van der Waals surface area contributed by atoms with Gasteiger partial charge in [0, 0.05) is 31.6 Å². The molecule has 1 aliphatic carbocycles. The van der Waals surface area contributed by atoms with Gasteiger partial charge in [0.2, 0.25) is 0 Å². The molecule has 4 rings (SSSR count). The van der Waals surface area contributed by atoms with Crippen molar-refractivity contribution in [2.75, 3.05) is 27.4 Å². The number of carbonyl (C=O) groups excluding carboxylic acids is 1.